The molecular formula is C22H27FN6O5S. The van der Waals surface area contributed by atoms with Crippen LogP contribution in [0.4, 0.5) is 4.39 Å². The molecule has 1 atom stereocenters. The molecule has 0 saturated carbocycles. The lowest BCUT2D eigenvalue weighted by molar-refractivity contribution is 0.0831. The number of aromatic nitrogens is 5. The van der Waals surface area contributed by atoms with Gasteiger partial charge in [-0.25, -0.2) is 27.5 Å². The number of hydrogen-bond acceptors (Lipinski definition) is 9. The summed E-state index contributed by atoms with van der Waals surface area (Å²) in [7, 11) is 0.199. The van der Waals surface area contributed by atoms with Gasteiger partial charge in [0.1, 0.15) is 34.7 Å². The second kappa shape index (κ2) is 11.5. The molecule has 1 aromatic carbocycles. The Kier molecular flexibility index (Phi) is 8.21. The predicted molar refractivity (Wildman–Crippen MR) is 124 cm³/mol. The zero-order chi connectivity index (χ0) is 24.8. The Morgan fingerprint density at radius 2 is 1.77 bits per heavy atom. The number of benzene rings is 1. The normalized spacial score (nSPS) is 15.3. The van der Waals surface area contributed by atoms with Gasteiger partial charge in [0.25, 0.3) is 0 Å². The molecule has 35 heavy (non-hydrogen) atoms. The molecule has 0 bridgehead atoms. The fraction of sp³-hybridized carbons (Fsp3) is 0.455. The molecule has 1 fully saturated rings. The van der Waals surface area contributed by atoms with E-state index >= 15 is 0 Å². The summed E-state index contributed by atoms with van der Waals surface area (Å²) in [5.41, 5.74) is 0.627. The zero-order valence-corrected chi connectivity index (χ0v) is 20.3. The maximum Gasteiger partial charge on any atom is 0.201 e. The maximum absolute atomic E-state index is 13.3. The van der Waals surface area contributed by atoms with Crippen molar-refractivity contribution < 1.29 is 27.0 Å². The number of halogens is 1. The summed E-state index contributed by atoms with van der Waals surface area (Å²) in [6.45, 7) is 1.22. The molecule has 0 aliphatic carbocycles. The van der Waals surface area contributed by atoms with Gasteiger partial charge in [0.2, 0.25) is 10.9 Å². The van der Waals surface area contributed by atoms with Gasteiger partial charge < -0.3 is 14.2 Å². The number of ether oxygens (including phenoxy) is 3. The van der Waals surface area contributed by atoms with Crippen molar-refractivity contribution in [2.45, 2.75) is 37.6 Å². The monoisotopic (exact) mass is 506 g/mol. The average molecular weight is 507 g/mol. The van der Waals surface area contributed by atoms with Gasteiger partial charge in [-0.05, 0) is 25.0 Å². The van der Waals surface area contributed by atoms with Crippen molar-refractivity contribution in [3.63, 3.8) is 0 Å². The second-order valence-corrected chi connectivity index (χ2v) is 8.79. The summed E-state index contributed by atoms with van der Waals surface area (Å²) in [5, 5.41) is 8.95. The van der Waals surface area contributed by atoms with Crippen LogP contribution in [0.5, 0.6) is 11.5 Å². The molecule has 1 aliphatic rings. The van der Waals surface area contributed by atoms with Crippen LogP contribution in [0, 0.1) is 5.82 Å². The van der Waals surface area contributed by atoms with Gasteiger partial charge in [-0.1, -0.05) is 6.07 Å². The van der Waals surface area contributed by atoms with Gasteiger partial charge in [0, 0.05) is 38.0 Å². The number of para-hydroxylation sites is 1. The minimum Gasteiger partial charge on any atom is -0.494 e. The minimum absolute atomic E-state index is 0.0857. The van der Waals surface area contributed by atoms with Crippen molar-refractivity contribution >= 4 is 10.9 Å². The van der Waals surface area contributed by atoms with E-state index in [1.807, 2.05) is 22.8 Å². The highest BCUT2D eigenvalue weighted by Crippen LogP contribution is 2.37. The van der Waals surface area contributed by atoms with E-state index in [2.05, 4.69) is 24.9 Å². The standard InChI is InChI=1S/C22H27FN6O5S/c1-32-17-4-3-5-18(33-2)21(17)29-20(26-27-22(29)14-6-8-34-9-7-14)11-16(28-35(30)31)10-19-24-12-15(23)13-25-19/h3-5,12-14,16,35H,6-11H2,1-2H3,(H,28,30,31)/t16-/m1/s1. The number of hydrogen-bond donors (Lipinski definition) is 2. The van der Waals surface area contributed by atoms with E-state index in [-0.39, 0.29) is 18.8 Å². The molecule has 1 N–H and O–H groups in total. The smallest absolute Gasteiger partial charge is 0.201 e. The average Bonchev–Trinajstić information content (AvgIpc) is 3.27. The summed E-state index contributed by atoms with van der Waals surface area (Å²) in [5.74, 6) is 2.14. The molecular weight excluding hydrogens is 479 g/mol. The maximum atomic E-state index is 13.3. The highest BCUT2D eigenvalue weighted by molar-refractivity contribution is 7.70. The summed E-state index contributed by atoms with van der Waals surface area (Å²) < 4.78 is 57.6. The van der Waals surface area contributed by atoms with E-state index in [0.29, 0.717) is 42.0 Å². The van der Waals surface area contributed by atoms with Crippen molar-refractivity contribution in [2.24, 2.45) is 0 Å². The van der Waals surface area contributed by atoms with E-state index in [1.165, 1.54) is 0 Å². The van der Waals surface area contributed by atoms with Gasteiger partial charge in [0.15, 0.2) is 5.82 Å². The first kappa shape index (κ1) is 24.9. The Labute approximate surface area is 203 Å². The number of rotatable bonds is 10. The van der Waals surface area contributed by atoms with Crippen molar-refractivity contribution in [2.75, 3.05) is 27.4 Å². The molecule has 4 rings (SSSR count). The van der Waals surface area contributed by atoms with Gasteiger partial charge in [-0.15, -0.1) is 10.2 Å². The van der Waals surface area contributed by atoms with Crippen molar-refractivity contribution in [1.29, 1.82) is 0 Å². The summed E-state index contributed by atoms with van der Waals surface area (Å²) in [4.78, 5) is 7.92. The highest BCUT2D eigenvalue weighted by atomic mass is 32.2. The lowest BCUT2D eigenvalue weighted by atomic mass is 9.99. The first-order valence-corrected chi connectivity index (χ1v) is 12.3. The Hall–Kier alpha value is -3.16. The lowest BCUT2D eigenvalue weighted by Gasteiger charge is -2.24. The van der Waals surface area contributed by atoms with Crippen LogP contribution in [0.2, 0.25) is 0 Å². The molecule has 3 heterocycles. The Bertz CT molecular complexity index is 1180. The van der Waals surface area contributed by atoms with E-state index < -0.39 is 22.7 Å². The van der Waals surface area contributed by atoms with E-state index in [4.69, 9.17) is 14.2 Å². The molecule has 188 valence electrons. The second-order valence-electron chi connectivity index (χ2n) is 8.02. The van der Waals surface area contributed by atoms with Crippen LogP contribution < -0.4 is 14.2 Å². The molecule has 1 saturated heterocycles. The quantitative estimate of drug-likeness (QED) is 0.392. The molecule has 0 amide bonds. The van der Waals surface area contributed by atoms with Crippen LogP contribution >= 0.6 is 0 Å². The van der Waals surface area contributed by atoms with Crippen LogP contribution in [0.25, 0.3) is 5.69 Å². The SMILES string of the molecule is COc1cccc(OC)c1-n1c(C[C@@H](Cc2ncc(F)cn2)N[SH](=O)=O)nnc1C1CCOCC1. The third kappa shape index (κ3) is 5.92. The fourth-order valence-corrected chi connectivity index (χ4v) is 4.66. The highest BCUT2D eigenvalue weighted by Gasteiger charge is 2.29. The van der Waals surface area contributed by atoms with Crippen molar-refractivity contribution in [3.05, 3.63) is 53.9 Å². The molecule has 2 aromatic heterocycles. The predicted octanol–water partition coefficient (Wildman–Crippen LogP) is 1.38. The molecule has 0 radical (unpaired) electrons. The van der Waals surface area contributed by atoms with Gasteiger partial charge >= 0.3 is 0 Å². The third-order valence-electron chi connectivity index (χ3n) is 5.79. The number of nitrogens with zero attached hydrogens (tertiary/aromatic N) is 5. The molecule has 1 aliphatic heterocycles. The van der Waals surface area contributed by atoms with E-state index in [1.54, 1.807) is 14.2 Å². The van der Waals surface area contributed by atoms with Crippen LogP contribution in [0.3, 0.4) is 0 Å². The molecule has 0 unspecified atom stereocenters. The first-order chi connectivity index (χ1) is 17.0. The Morgan fingerprint density at radius 1 is 1.11 bits per heavy atom. The number of methoxy groups -OCH3 is 2. The minimum atomic E-state index is -2.93. The molecule has 0 spiro atoms. The van der Waals surface area contributed by atoms with Gasteiger partial charge in [-0.2, -0.15) is 0 Å². The van der Waals surface area contributed by atoms with E-state index in [0.717, 1.165) is 31.1 Å². The largest absolute Gasteiger partial charge is 0.494 e. The van der Waals surface area contributed by atoms with Crippen LogP contribution in [-0.4, -0.2) is 66.6 Å². The van der Waals surface area contributed by atoms with E-state index in [9.17, 15) is 12.8 Å². The van der Waals surface area contributed by atoms with Crippen LogP contribution in [-0.2, 0) is 28.5 Å². The lowest BCUT2D eigenvalue weighted by Crippen LogP contribution is -2.34. The summed E-state index contributed by atoms with van der Waals surface area (Å²) >= 11 is 0. The third-order valence-corrected chi connectivity index (χ3v) is 6.36. The first-order valence-electron chi connectivity index (χ1n) is 11.1. The Balaban J connectivity index is 1.78. The summed E-state index contributed by atoms with van der Waals surface area (Å²) in [6.07, 6.45) is 3.93. The molecule has 11 nitrogen and oxygen atoms in total. The van der Waals surface area contributed by atoms with Gasteiger partial charge in [-0.3, -0.25) is 4.57 Å². The molecule has 3 aromatic rings. The number of nitrogens with one attached hydrogen (secondary N) is 1. The van der Waals surface area contributed by atoms with Crippen molar-refractivity contribution in [1.82, 2.24) is 29.5 Å². The fourth-order valence-electron chi connectivity index (χ4n) is 4.18. The van der Waals surface area contributed by atoms with Gasteiger partial charge in [0.05, 0.1) is 26.6 Å². The van der Waals surface area contributed by atoms with Crippen LogP contribution in [0.1, 0.15) is 36.2 Å². The number of thiol groups is 1. The molecule has 13 heteroatoms. The summed E-state index contributed by atoms with van der Waals surface area (Å²) in [6, 6.07) is 4.79. The zero-order valence-electron chi connectivity index (χ0n) is 19.4. The van der Waals surface area contributed by atoms with Crippen LogP contribution in [0.15, 0.2) is 30.6 Å². The Morgan fingerprint density at radius 3 is 2.37 bits per heavy atom. The topological polar surface area (TPSA) is 130 Å². The van der Waals surface area contributed by atoms with Crippen molar-refractivity contribution in [3.8, 4) is 17.2 Å².